The highest BCUT2D eigenvalue weighted by molar-refractivity contribution is 5.63. The van der Waals surface area contributed by atoms with E-state index in [0.717, 1.165) is 25.7 Å². The van der Waals surface area contributed by atoms with Gasteiger partial charge in [0.2, 0.25) is 0 Å². The van der Waals surface area contributed by atoms with Gasteiger partial charge < -0.3 is 11.1 Å². The van der Waals surface area contributed by atoms with Crippen molar-refractivity contribution in [2.75, 3.05) is 5.32 Å². The Labute approximate surface area is 126 Å². The SMILES string of the molecule is N[C@H]1CCC[C@@H](Nc2cc(-n3nccn3)ncc2[N+](=O)[O-])C1. The molecule has 0 saturated heterocycles. The number of hydrogen-bond donors (Lipinski definition) is 2. The number of nitro groups is 1. The Balaban J connectivity index is 1.89. The molecule has 0 bridgehead atoms. The van der Waals surface area contributed by atoms with E-state index >= 15 is 0 Å². The molecule has 3 rings (SSSR count). The summed E-state index contributed by atoms with van der Waals surface area (Å²) < 4.78 is 0. The molecule has 22 heavy (non-hydrogen) atoms. The van der Waals surface area contributed by atoms with Gasteiger partial charge in [-0.3, -0.25) is 10.1 Å². The second kappa shape index (κ2) is 6.06. The molecule has 0 aliphatic heterocycles. The summed E-state index contributed by atoms with van der Waals surface area (Å²) in [6.45, 7) is 0. The van der Waals surface area contributed by atoms with E-state index in [-0.39, 0.29) is 17.8 Å². The van der Waals surface area contributed by atoms with Gasteiger partial charge in [-0.15, -0.1) is 4.80 Å². The quantitative estimate of drug-likeness (QED) is 0.643. The fraction of sp³-hybridized carbons (Fsp3) is 0.462. The van der Waals surface area contributed by atoms with E-state index in [1.54, 1.807) is 6.07 Å². The smallest absolute Gasteiger partial charge is 0.310 e. The van der Waals surface area contributed by atoms with Crippen LogP contribution in [0.3, 0.4) is 0 Å². The number of nitrogens with two attached hydrogens (primary N) is 1. The Kier molecular flexibility index (Phi) is 3.96. The Bertz CT molecular complexity index is 658. The zero-order chi connectivity index (χ0) is 15.5. The van der Waals surface area contributed by atoms with Gasteiger partial charge in [-0.1, -0.05) is 0 Å². The van der Waals surface area contributed by atoms with Crippen molar-refractivity contribution in [2.45, 2.75) is 37.8 Å². The van der Waals surface area contributed by atoms with Crippen LogP contribution in [0.25, 0.3) is 5.82 Å². The maximum Gasteiger partial charge on any atom is 0.310 e. The first kappa shape index (κ1) is 14.4. The Hall–Kier alpha value is -2.55. The van der Waals surface area contributed by atoms with Crippen LogP contribution in [-0.2, 0) is 0 Å². The third-order valence-electron chi connectivity index (χ3n) is 3.76. The molecule has 3 N–H and O–H groups in total. The maximum atomic E-state index is 11.2. The van der Waals surface area contributed by atoms with Gasteiger partial charge in [-0.05, 0) is 25.7 Å². The number of nitrogens with one attached hydrogen (secondary N) is 1. The molecule has 0 aromatic carbocycles. The van der Waals surface area contributed by atoms with Crippen LogP contribution in [0.15, 0.2) is 24.7 Å². The van der Waals surface area contributed by atoms with Crippen molar-refractivity contribution in [3.05, 3.63) is 34.8 Å². The van der Waals surface area contributed by atoms with Crippen molar-refractivity contribution in [3.8, 4) is 5.82 Å². The first-order valence-corrected chi connectivity index (χ1v) is 7.16. The van der Waals surface area contributed by atoms with Crippen LogP contribution >= 0.6 is 0 Å². The first-order chi connectivity index (χ1) is 10.6. The molecule has 2 aromatic heterocycles. The summed E-state index contributed by atoms with van der Waals surface area (Å²) in [6.07, 6.45) is 8.04. The van der Waals surface area contributed by atoms with Crippen molar-refractivity contribution < 1.29 is 4.92 Å². The fourth-order valence-electron chi connectivity index (χ4n) is 2.72. The highest BCUT2D eigenvalue weighted by atomic mass is 16.6. The topological polar surface area (TPSA) is 125 Å². The zero-order valence-electron chi connectivity index (χ0n) is 11.9. The largest absolute Gasteiger partial charge is 0.377 e. The van der Waals surface area contributed by atoms with Gasteiger partial charge in [0, 0.05) is 18.2 Å². The lowest BCUT2D eigenvalue weighted by Crippen LogP contribution is -2.35. The molecule has 9 heteroatoms. The van der Waals surface area contributed by atoms with Gasteiger partial charge in [-0.2, -0.15) is 10.2 Å². The number of nitrogens with zero attached hydrogens (tertiary/aromatic N) is 5. The average Bonchev–Trinajstić information content (AvgIpc) is 3.01. The van der Waals surface area contributed by atoms with Crippen molar-refractivity contribution >= 4 is 11.4 Å². The van der Waals surface area contributed by atoms with Crippen LogP contribution in [0.5, 0.6) is 0 Å². The van der Waals surface area contributed by atoms with Gasteiger partial charge in [0.25, 0.3) is 0 Å². The molecular formula is C13H17N7O2. The normalized spacial score (nSPS) is 21.5. The van der Waals surface area contributed by atoms with Gasteiger partial charge in [0.1, 0.15) is 11.9 Å². The lowest BCUT2D eigenvalue weighted by atomic mass is 9.91. The maximum absolute atomic E-state index is 11.2. The highest BCUT2D eigenvalue weighted by Crippen LogP contribution is 2.28. The lowest BCUT2D eigenvalue weighted by Gasteiger charge is -2.28. The molecule has 1 fully saturated rings. The summed E-state index contributed by atoms with van der Waals surface area (Å²) in [5, 5.41) is 22.4. The molecule has 0 radical (unpaired) electrons. The van der Waals surface area contributed by atoms with Gasteiger partial charge in [0.15, 0.2) is 5.82 Å². The molecule has 0 amide bonds. The summed E-state index contributed by atoms with van der Waals surface area (Å²) in [6, 6.07) is 1.86. The van der Waals surface area contributed by atoms with Crippen LogP contribution in [0.2, 0.25) is 0 Å². The highest BCUT2D eigenvalue weighted by Gasteiger charge is 2.23. The lowest BCUT2D eigenvalue weighted by molar-refractivity contribution is -0.384. The Morgan fingerprint density at radius 1 is 1.36 bits per heavy atom. The minimum atomic E-state index is -0.446. The van der Waals surface area contributed by atoms with E-state index in [1.807, 2.05) is 0 Å². The molecular weight excluding hydrogens is 286 g/mol. The third kappa shape index (κ3) is 3.03. The summed E-state index contributed by atoms with van der Waals surface area (Å²) >= 11 is 0. The van der Waals surface area contributed by atoms with Crippen molar-refractivity contribution in [3.63, 3.8) is 0 Å². The van der Waals surface area contributed by atoms with Gasteiger partial charge in [-0.25, -0.2) is 4.98 Å². The van der Waals surface area contributed by atoms with Crippen LogP contribution in [0.1, 0.15) is 25.7 Å². The molecule has 9 nitrogen and oxygen atoms in total. The fourth-order valence-corrected chi connectivity index (χ4v) is 2.72. The number of pyridine rings is 1. The van der Waals surface area contributed by atoms with E-state index in [9.17, 15) is 10.1 Å². The number of rotatable bonds is 4. The van der Waals surface area contributed by atoms with E-state index < -0.39 is 4.92 Å². The first-order valence-electron chi connectivity index (χ1n) is 7.16. The summed E-state index contributed by atoms with van der Waals surface area (Å²) in [5.74, 6) is 0.429. The van der Waals surface area contributed by atoms with E-state index in [4.69, 9.17) is 5.73 Å². The molecule has 2 aromatic rings. The van der Waals surface area contributed by atoms with E-state index in [1.165, 1.54) is 23.4 Å². The predicted molar refractivity (Wildman–Crippen MR) is 79.7 cm³/mol. The predicted octanol–water partition coefficient (Wildman–Crippen LogP) is 1.25. The molecule has 2 atom stereocenters. The van der Waals surface area contributed by atoms with E-state index in [0.29, 0.717) is 11.5 Å². The minimum Gasteiger partial charge on any atom is -0.377 e. The summed E-state index contributed by atoms with van der Waals surface area (Å²) in [4.78, 5) is 16.1. The molecule has 0 spiro atoms. The summed E-state index contributed by atoms with van der Waals surface area (Å²) in [7, 11) is 0. The monoisotopic (exact) mass is 303 g/mol. The number of aromatic nitrogens is 4. The van der Waals surface area contributed by atoms with Crippen LogP contribution < -0.4 is 11.1 Å². The van der Waals surface area contributed by atoms with Gasteiger partial charge in [0.05, 0.1) is 17.3 Å². The average molecular weight is 303 g/mol. The zero-order valence-corrected chi connectivity index (χ0v) is 11.9. The minimum absolute atomic E-state index is 0.0601. The standard InChI is InChI=1S/C13H17N7O2/c14-9-2-1-3-10(6-9)18-11-7-13(19-16-4-5-17-19)15-8-12(11)20(21)22/h4-5,7-10H,1-3,6,14H2,(H,15,18)/t9-,10+/m0/s1. The van der Waals surface area contributed by atoms with Crippen molar-refractivity contribution in [2.24, 2.45) is 5.73 Å². The summed E-state index contributed by atoms with van der Waals surface area (Å²) in [5.41, 5.74) is 6.34. The van der Waals surface area contributed by atoms with Crippen LogP contribution in [0.4, 0.5) is 11.4 Å². The molecule has 1 aliphatic rings. The number of hydrogen-bond acceptors (Lipinski definition) is 7. The van der Waals surface area contributed by atoms with Crippen molar-refractivity contribution in [1.82, 2.24) is 20.0 Å². The number of anilines is 1. The molecule has 2 heterocycles. The van der Waals surface area contributed by atoms with Gasteiger partial charge >= 0.3 is 5.69 Å². The Morgan fingerprint density at radius 2 is 2.14 bits per heavy atom. The van der Waals surface area contributed by atoms with Crippen LogP contribution in [0, 0.1) is 10.1 Å². The Morgan fingerprint density at radius 3 is 2.82 bits per heavy atom. The third-order valence-corrected chi connectivity index (χ3v) is 3.76. The second-order valence-corrected chi connectivity index (χ2v) is 5.40. The molecule has 1 aliphatic carbocycles. The van der Waals surface area contributed by atoms with E-state index in [2.05, 4.69) is 20.5 Å². The molecule has 116 valence electrons. The second-order valence-electron chi connectivity index (χ2n) is 5.40. The van der Waals surface area contributed by atoms with Crippen LogP contribution in [-0.4, -0.2) is 37.0 Å². The molecule has 0 unspecified atom stereocenters. The molecule has 1 saturated carbocycles. The van der Waals surface area contributed by atoms with Crippen molar-refractivity contribution in [1.29, 1.82) is 0 Å².